The zero-order chi connectivity index (χ0) is 13.9. The number of aromatic nitrogens is 2. The van der Waals surface area contributed by atoms with Crippen molar-refractivity contribution in [1.82, 2.24) is 25.9 Å². The van der Waals surface area contributed by atoms with Crippen molar-refractivity contribution in [3.05, 3.63) is 23.8 Å². The monoisotopic (exact) mass is 275 g/mol. The van der Waals surface area contributed by atoms with Crippen LogP contribution in [0.4, 0.5) is 0 Å². The number of aliphatic hydroxyl groups is 1. The molecule has 4 N–H and O–H groups in total. The number of hydrogen-bond acceptors (Lipinski definition) is 8. The Hall–Kier alpha value is -1.90. The number of fused-ring (bicyclic) bond motifs is 1. The van der Waals surface area contributed by atoms with Gasteiger partial charge in [0, 0.05) is 18.9 Å². The molecule has 2 atom stereocenters. The zero-order valence-corrected chi connectivity index (χ0v) is 11.2. The summed E-state index contributed by atoms with van der Waals surface area (Å²) in [7, 11) is 0. The van der Waals surface area contributed by atoms with E-state index in [2.05, 4.69) is 35.9 Å². The van der Waals surface area contributed by atoms with E-state index in [1.54, 1.807) is 12.4 Å². The molecule has 1 fully saturated rings. The van der Waals surface area contributed by atoms with Crippen molar-refractivity contribution in [3.63, 3.8) is 0 Å². The van der Waals surface area contributed by atoms with Crippen molar-refractivity contribution in [2.75, 3.05) is 6.67 Å². The van der Waals surface area contributed by atoms with E-state index in [4.69, 9.17) is 0 Å². The molecule has 2 aliphatic heterocycles. The lowest BCUT2D eigenvalue weighted by molar-refractivity contribution is 0.274. The highest BCUT2D eigenvalue weighted by atomic mass is 16.3. The maximum absolute atomic E-state index is 9.25. The molecular weight excluding hydrogens is 258 g/mol. The summed E-state index contributed by atoms with van der Waals surface area (Å²) in [6.45, 7) is 2.95. The molecular formula is C12H17N7O. The van der Waals surface area contributed by atoms with Gasteiger partial charge in [0.2, 0.25) is 0 Å². The Kier molecular flexibility index (Phi) is 3.68. The summed E-state index contributed by atoms with van der Waals surface area (Å²) >= 11 is 0. The van der Waals surface area contributed by atoms with Crippen LogP contribution in [-0.4, -0.2) is 45.6 Å². The lowest BCUT2D eigenvalue weighted by atomic mass is 10.2. The minimum absolute atomic E-state index is 0.0490. The zero-order valence-electron chi connectivity index (χ0n) is 11.2. The lowest BCUT2D eigenvalue weighted by Gasteiger charge is -2.24. The Labute approximate surface area is 116 Å². The summed E-state index contributed by atoms with van der Waals surface area (Å²) in [5, 5.41) is 19.1. The molecule has 0 amide bonds. The van der Waals surface area contributed by atoms with Crippen LogP contribution < -0.4 is 16.0 Å². The molecule has 1 saturated heterocycles. The second-order valence-electron chi connectivity index (χ2n) is 4.64. The normalized spacial score (nSPS) is 24.7. The number of aliphatic imine (C=N–C) groups is 2. The smallest absolute Gasteiger partial charge is 0.126 e. The van der Waals surface area contributed by atoms with E-state index in [9.17, 15) is 5.11 Å². The Balaban J connectivity index is 1.70. The molecule has 2 aliphatic rings. The molecule has 3 rings (SSSR count). The summed E-state index contributed by atoms with van der Waals surface area (Å²) in [5.74, 6) is 1.66. The number of nitrogens with zero attached hydrogens (tertiary/aromatic N) is 4. The molecule has 2 unspecified atom stereocenters. The van der Waals surface area contributed by atoms with Gasteiger partial charge in [0.1, 0.15) is 23.9 Å². The second-order valence-corrected chi connectivity index (χ2v) is 4.64. The summed E-state index contributed by atoms with van der Waals surface area (Å²) in [5.41, 5.74) is 1.32. The molecule has 0 aliphatic carbocycles. The Morgan fingerprint density at radius 1 is 1.35 bits per heavy atom. The predicted octanol–water partition coefficient (Wildman–Crippen LogP) is -1.27. The van der Waals surface area contributed by atoms with Gasteiger partial charge < -0.3 is 10.4 Å². The van der Waals surface area contributed by atoms with E-state index in [-0.39, 0.29) is 18.8 Å². The fourth-order valence-electron chi connectivity index (χ4n) is 2.35. The number of rotatable bonds is 4. The highest BCUT2D eigenvalue weighted by Gasteiger charge is 2.32. The number of amidine groups is 2. The Bertz CT molecular complexity index is 556. The quantitative estimate of drug-likeness (QED) is 0.546. The lowest BCUT2D eigenvalue weighted by Crippen LogP contribution is -2.50. The number of hydrogen-bond donors (Lipinski definition) is 4. The van der Waals surface area contributed by atoms with Crippen LogP contribution in [0.25, 0.3) is 0 Å². The molecule has 20 heavy (non-hydrogen) atoms. The van der Waals surface area contributed by atoms with Crippen LogP contribution in [0.15, 0.2) is 22.4 Å². The first kappa shape index (κ1) is 13.1. The third-order valence-corrected chi connectivity index (χ3v) is 3.30. The summed E-state index contributed by atoms with van der Waals surface area (Å²) in [6.07, 6.45) is 3.09. The number of aliphatic hydroxyl groups excluding tert-OH is 1. The van der Waals surface area contributed by atoms with Gasteiger partial charge in [0.15, 0.2) is 0 Å². The van der Waals surface area contributed by atoms with E-state index in [0.29, 0.717) is 18.9 Å². The highest BCUT2D eigenvalue weighted by molar-refractivity contribution is 6.02. The Morgan fingerprint density at radius 2 is 2.15 bits per heavy atom. The molecule has 0 saturated carbocycles. The minimum Gasteiger partial charge on any atom is -0.390 e. The van der Waals surface area contributed by atoms with Gasteiger partial charge in [0.05, 0.1) is 24.7 Å². The van der Waals surface area contributed by atoms with Crippen LogP contribution in [0.1, 0.15) is 18.3 Å². The first-order valence-corrected chi connectivity index (χ1v) is 6.51. The molecule has 8 nitrogen and oxygen atoms in total. The fraction of sp³-hybridized carbons (Fsp3) is 0.500. The highest BCUT2D eigenvalue weighted by Crippen LogP contribution is 2.10. The molecule has 0 radical (unpaired) electrons. The summed E-state index contributed by atoms with van der Waals surface area (Å²) in [6, 6.07) is 0.0490. The summed E-state index contributed by atoms with van der Waals surface area (Å²) < 4.78 is 0. The minimum atomic E-state index is -0.117. The van der Waals surface area contributed by atoms with E-state index >= 15 is 0 Å². The first-order chi connectivity index (χ1) is 9.78. The fourth-order valence-corrected chi connectivity index (χ4v) is 2.35. The third kappa shape index (κ3) is 2.53. The van der Waals surface area contributed by atoms with E-state index in [1.165, 1.54) is 0 Å². The molecule has 3 heterocycles. The van der Waals surface area contributed by atoms with Gasteiger partial charge in [-0.25, -0.2) is 9.98 Å². The largest absolute Gasteiger partial charge is 0.390 e. The average molecular weight is 275 g/mol. The molecule has 1 aromatic rings. The molecule has 106 valence electrons. The van der Waals surface area contributed by atoms with Gasteiger partial charge >= 0.3 is 0 Å². The van der Waals surface area contributed by atoms with Gasteiger partial charge in [-0.3, -0.25) is 20.6 Å². The van der Waals surface area contributed by atoms with Crippen LogP contribution in [0.2, 0.25) is 0 Å². The first-order valence-electron chi connectivity index (χ1n) is 6.51. The van der Waals surface area contributed by atoms with E-state index in [1.807, 2.05) is 6.92 Å². The SMILES string of the molecule is CC1=NC(NCc2nccnc2CO)C2NCNC2=N1. The maximum Gasteiger partial charge on any atom is 0.126 e. The van der Waals surface area contributed by atoms with Crippen molar-refractivity contribution in [1.29, 1.82) is 0 Å². The second kappa shape index (κ2) is 5.61. The van der Waals surface area contributed by atoms with Gasteiger partial charge in [-0.1, -0.05) is 0 Å². The van der Waals surface area contributed by atoms with Crippen LogP contribution in [-0.2, 0) is 13.2 Å². The average Bonchev–Trinajstić information content (AvgIpc) is 2.93. The van der Waals surface area contributed by atoms with Crippen molar-refractivity contribution in [3.8, 4) is 0 Å². The molecule has 0 spiro atoms. The van der Waals surface area contributed by atoms with Gasteiger partial charge in [0.25, 0.3) is 0 Å². The van der Waals surface area contributed by atoms with Gasteiger partial charge in [-0.15, -0.1) is 0 Å². The van der Waals surface area contributed by atoms with Gasteiger partial charge in [-0.05, 0) is 6.92 Å². The maximum atomic E-state index is 9.25. The van der Waals surface area contributed by atoms with E-state index < -0.39 is 0 Å². The van der Waals surface area contributed by atoms with Crippen LogP contribution in [0.5, 0.6) is 0 Å². The van der Waals surface area contributed by atoms with Crippen molar-refractivity contribution < 1.29 is 5.11 Å². The summed E-state index contributed by atoms with van der Waals surface area (Å²) in [4.78, 5) is 17.2. The molecule has 0 aromatic carbocycles. The predicted molar refractivity (Wildman–Crippen MR) is 74.1 cm³/mol. The van der Waals surface area contributed by atoms with Crippen molar-refractivity contribution >= 4 is 11.7 Å². The van der Waals surface area contributed by atoms with Crippen LogP contribution in [0, 0.1) is 0 Å². The van der Waals surface area contributed by atoms with Crippen LogP contribution >= 0.6 is 0 Å². The molecule has 8 heteroatoms. The number of nitrogens with one attached hydrogen (secondary N) is 3. The van der Waals surface area contributed by atoms with Crippen molar-refractivity contribution in [2.24, 2.45) is 9.98 Å². The molecule has 1 aromatic heterocycles. The Morgan fingerprint density at radius 3 is 2.95 bits per heavy atom. The van der Waals surface area contributed by atoms with Gasteiger partial charge in [-0.2, -0.15) is 0 Å². The van der Waals surface area contributed by atoms with Crippen molar-refractivity contribution in [2.45, 2.75) is 32.3 Å². The van der Waals surface area contributed by atoms with Crippen LogP contribution in [0.3, 0.4) is 0 Å². The van der Waals surface area contributed by atoms with E-state index in [0.717, 1.165) is 17.4 Å². The topological polar surface area (TPSA) is 107 Å². The standard InChI is InChI=1S/C12H17N7O/c1-7-18-11(10-12(19-7)17-6-16-10)15-4-8-9(5-20)14-3-2-13-8/h2-3,10-11,15-16,20H,4-6H2,1H3,(H,17,18,19). The molecule has 0 bridgehead atoms. The third-order valence-electron chi connectivity index (χ3n) is 3.30.